The molecular formula is C45H33ClN2O8. The Morgan fingerprint density at radius 1 is 0.625 bits per heavy atom. The van der Waals surface area contributed by atoms with Gasteiger partial charge in [0.2, 0.25) is 17.0 Å². The first kappa shape index (κ1) is 37.6. The van der Waals surface area contributed by atoms with Crippen LogP contribution in [0.25, 0.3) is 50.3 Å². The van der Waals surface area contributed by atoms with Crippen molar-refractivity contribution in [3.63, 3.8) is 0 Å². The Bertz CT molecular complexity index is 2730. The summed E-state index contributed by atoms with van der Waals surface area (Å²) in [5.41, 5.74) is 6.30. The molecule has 10 nitrogen and oxygen atoms in total. The van der Waals surface area contributed by atoms with E-state index in [9.17, 15) is 9.59 Å². The van der Waals surface area contributed by atoms with Crippen LogP contribution in [0.15, 0.2) is 157 Å². The smallest absolute Gasteiger partial charge is 0.308 e. The van der Waals surface area contributed by atoms with Crippen LogP contribution in [-0.4, -0.2) is 11.9 Å². The number of carbonyl (C=O) groups excluding carboxylic acids is 2. The van der Waals surface area contributed by atoms with Gasteiger partial charge in [0.1, 0.15) is 0 Å². The number of esters is 2. The summed E-state index contributed by atoms with van der Waals surface area (Å²) in [7, 11) is -4.94. The molecule has 0 aliphatic carbocycles. The Morgan fingerprint density at radius 2 is 1.18 bits per heavy atom. The molecule has 0 fully saturated rings. The van der Waals surface area contributed by atoms with Crippen molar-refractivity contribution in [2.24, 2.45) is 0 Å². The Balaban J connectivity index is 0.000000905. The first-order valence-corrected chi connectivity index (χ1v) is 18.6. The lowest BCUT2D eigenvalue weighted by Crippen LogP contribution is -2.68. The summed E-state index contributed by atoms with van der Waals surface area (Å²) in [4.78, 5) is 26.6. The minimum atomic E-state index is -4.94. The average molecular weight is 765 g/mol. The summed E-state index contributed by atoms with van der Waals surface area (Å²) in [6.07, 6.45) is 10.3. The summed E-state index contributed by atoms with van der Waals surface area (Å²) >= 11 is 0. The van der Waals surface area contributed by atoms with Crippen LogP contribution in [0.3, 0.4) is 0 Å². The van der Waals surface area contributed by atoms with E-state index in [2.05, 4.69) is 94.4 Å². The van der Waals surface area contributed by atoms with Crippen LogP contribution in [0.1, 0.15) is 25.1 Å². The normalized spacial score (nSPS) is 13.2. The number of fused-ring (bicyclic) bond motifs is 6. The minimum absolute atomic E-state index is 0.388. The first-order chi connectivity index (χ1) is 27.0. The van der Waals surface area contributed by atoms with Gasteiger partial charge in [-0.25, -0.2) is 18.6 Å². The van der Waals surface area contributed by atoms with Crippen molar-refractivity contribution < 1.29 is 52.5 Å². The molecule has 0 bridgehead atoms. The van der Waals surface area contributed by atoms with Crippen molar-refractivity contribution in [3.05, 3.63) is 169 Å². The second kappa shape index (κ2) is 16.0. The molecule has 6 aromatic carbocycles. The highest BCUT2D eigenvalue weighted by Crippen LogP contribution is 2.45. The van der Waals surface area contributed by atoms with E-state index in [4.69, 9.17) is 28.1 Å². The SMILES string of the molecule is CC(=O)Oc1ccccc1N1C(=CC=Cc2ccc3ccc4ccccc4c3[n+]2-c2ccccc2OC(C)=O)C=Cc2ccc3ccccc3c21.[O-][Cl+3]([O-])([O-])[O-]. The molecule has 2 heterocycles. The molecule has 0 saturated heterocycles. The number of carbonyl (C=O) groups is 2. The second-order valence-corrected chi connectivity index (χ2v) is 13.4. The molecule has 0 atom stereocenters. The molecule has 1 aromatic heterocycles. The van der Waals surface area contributed by atoms with Crippen LogP contribution in [0.4, 0.5) is 11.4 Å². The quantitative estimate of drug-likeness (QED) is 0.0954. The molecule has 0 amide bonds. The largest absolute Gasteiger partial charge is 0.424 e. The summed E-state index contributed by atoms with van der Waals surface area (Å²) < 4.78 is 47.6. The molecule has 11 heteroatoms. The number of pyridine rings is 1. The van der Waals surface area contributed by atoms with E-state index in [0.29, 0.717) is 11.5 Å². The monoisotopic (exact) mass is 764 g/mol. The number of anilines is 2. The standard InChI is InChI=1S/C45H33N2O4.ClHO4/c1-30(48)50-42-20-9-7-18-40(42)46-36(28-26-34-24-22-32-12-3-5-16-38(32)44(34)46)14-11-15-37-29-27-35-25-23-33-13-4-6-17-39(33)45(35)47(37)41-19-8-10-21-43(41)51-31(2)49;2-1(3,4)5/h3-29H,1-2H3;(H,2,3,4,5)/q+1;/p-1. The third-order valence-electron chi connectivity index (χ3n) is 8.95. The number of hydrogen-bond acceptors (Lipinski definition) is 9. The highest BCUT2D eigenvalue weighted by molar-refractivity contribution is 6.05. The molecule has 7 aromatic rings. The Labute approximate surface area is 324 Å². The summed E-state index contributed by atoms with van der Waals surface area (Å²) in [6, 6.07) is 44.4. The maximum absolute atomic E-state index is 12.2. The number of ether oxygens (including phenoxy) is 2. The van der Waals surface area contributed by atoms with E-state index in [0.717, 1.165) is 66.5 Å². The fraction of sp³-hybridized carbons (Fsp3) is 0.0444. The molecular weight excluding hydrogens is 732 g/mol. The summed E-state index contributed by atoms with van der Waals surface area (Å²) in [5, 5.41) is 5.41. The van der Waals surface area contributed by atoms with Crippen LogP contribution in [0.5, 0.6) is 11.5 Å². The van der Waals surface area contributed by atoms with Gasteiger partial charge in [0, 0.05) is 48.5 Å². The number of benzene rings is 6. The third-order valence-corrected chi connectivity index (χ3v) is 8.95. The van der Waals surface area contributed by atoms with Crippen LogP contribution in [-0.2, 0) is 9.59 Å². The summed E-state index contributed by atoms with van der Waals surface area (Å²) in [5.74, 6) is 0.160. The van der Waals surface area contributed by atoms with Gasteiger partial charge < -0.3 is 14.4 Å². The molecule has 0 saturated carbocycles. The maximum Gasteiger partial charge on any atom is 0.308 e. The fourth-order valence-corrected chi connectivity index (χ4v) is 6.86. The van der Waals surface area contributed by atoms with Crippen molar-refractivity contribution >= 4 is 67.9 Å². The molecule has 56 heavy (non-hydrogen) atoms. The van der Waals surface area contributed by atoms with Crippen molar-refractivity contribution in [1.82, 2.24) is 0 Å². The molecule has 0 N–H and O–H groups in total. The lowest BCUT2D eigenvalue weighted by atomic mass is 9.98. The van der Waals surface area contributed by atoms with Gasteiger partial charge in [-0.2, -0.15) is 0 Å². The predicted molar refractivity (Wildman–Crippen MR) is 204 cm³/mol. The van der Waals surface area contributed by atoms with Crippen LogP contribution < -0.4 is 37.6 Å². The van der Waals surface area contributed by atoms with Gasteiger partial charge in [-0.3, -0.25) is 9.59 Å². The van der Waals surface area contributed by atoms with Crippen molar-refractivity contribution in [3.8, 4) is 17.2 Å². The van der Waals surface area contributed by atoms with E-state index in [-0.39, 0.29) is 11.9 Å². The molecule has 1 aliphatic rings. The maximum atomic E-state index is 12.2. The Hall–Kier alpha value is -6.66. The molecule has 0 radical (unpaired) electrons. The molecule has 1 aliphatic heterocycles. The highest BCUT2D eigenvalue weighted by atomic mass is 35.7. The van der Waals surface area contributed by atoms with E-state index in [1.54, 1.807) is 0 Å². The highest BCUT2D eigenvalue weighted by Gasteiger charge is 2.26. The Morgan fingerprint density at radius 3 is 1.91 bits per heavy atom. The average Bonchev–Trinajstić information content (AvgIpc) is 3.17. The number of para-hydroxylation sites is 4. The molecule has 0 unspecified atom stereocenters. The zero-order chi connectivity index (χ0) is 39.4. The van der Waals surface area contributed by atoms with Gasteiger partial charge in [-0.1, -0.05) is 97.1 Å². The van der Waals surface area contributed by atoms with Crippen molar-refractivity contribution in [1.29, 1.82) is 0 Å². The van der Waals surface area contributed by atoms with Gasteiger partial charge in [0.05, 0.1) is 16.8 Å². The van der Waals surface area contributed by atoms with E-state index < -0.39 is 10.2 Å². The number of rotatable bonds is 6. The van der Waals surface area contributed by atoms with Gasteiger partial charge in [0.25, 0.3) is 5.69 Å². The van der Waals surface area contributed by atoms with Crippen LogP contribution in [0.2, 0.25) is 0 Å². The molecule has 0 spiro atoms. The number of aromatic nitrogens is 1. The number of allylic oxidation sites excluding steroid dienone is 3. The van der Waals surface area contributed by atoms with E-state index in [1.165, 1.54) is 13.8 Å². The summed E-state index contributed by atoms with van der Waals surface area (Å²) in [6.45, 7) is 2.83. The third kappa shape index (κ3) is 8.20. The van der Waals surface area contributed by atoms with E-state index >= 15 is 0 Å². The lowest BCUT2D eigenvalue weighted by molar-refractivity contribution is -2.00. The molecule has 8 rings (SSSR count). The van der Waals surface area contributed by atoms with Gasteiger partial charge in [-0.05, 0) is 64.9 Å². The van der Waals surface area contributed by atoms with Gasteiger partial charge in [0.15, 0.2) is 5.75 Å². The Kier molecular flexibility index (Phi) is 10.7. The van der Waals surface area contributed by atoms with Crippen molar-refractivity contribution in [2.45, 2.75) is 13.8 Å². The predicted octanol–water partition coefficient (Wildman–Crippen LogP) is 5.28. The molecule has 278 valence electrons. The van der Waals surface area contributed by atoms with Gasteiger partial charge in [-0.15, -0.1) is 14.8 Å². The van der Waals surface area contributed by atoms with Crippen LogP contribution >= 0.6 is 0 Å². The van der Waals surface area contributed by atoms with E-state index in [1.807, 2.05) is 78.9 Å². The zero-order valence-electron chi connectivity index (χ0n) is 30.1. The zero-order valence-corrected chi connectivity index (χ0v) is 30.9. The van der Waals surface area contributed by atoms with Crippen molar-refractivity contribution in [2.75, 3.05) is 4.90 Å². The topological polar surface area (TPSA) is 152 Å². The number of hydrogen-bond donors (Lipinski definition) is 0. The second-order valence-electron chi connectivity index (χ2n) is 12.7. The first-order valence-electron chi connectivity index (χ1n) is 17.4. The van der Waals surface area contributed by atoms with Gasteiger partial charge >= 0.3 is 11.9 Å². The minimum Gasteiger partial charge on any atom is -0.424 e. The number of nitrogens with zero attached hydrogens (tertiary/aromatic N) is 2. The fourth-order valence-electron chi connectivity index (χ4n) is 6.86. The number of halogens is 1. The van der Waals surface area contributed by atoms with Crippen LogP contribution in [0, 0.1) is 10.2 Å². The lowest BCUT2D eigenvalue weighted by Gasteiger charge is -2.32.